The van der Waals surface area contributed by atoms with Crippen LogP contribution in [0.25, 0.3) is 0 Å². The third kappa shape index (κ3) is 3.20. The fourth-order valence-electron chi connectivity index (χ4n) is 1.92. The number of hydrogen-bond donors (Lipinski definition) is 1. The Morgan fingerprint density at radius 3 is 2.65 bits per heavy atom. The van der Waals surface area contributed by atoms with E-state index in [1.54, 1.807) is 24.8 Å². The number of anilines is 1. The van der Waals surface area contributed by atoms with Crippen LogP contribution >= 0.6 is 0 Å². The van der Waals surface area contributed by atoms with Crippen LogP contribution in [0, 0.1) is 0 Å². The second-order valence-corrected chi connectivity index (χ2v) is 4.45. The van der Waals surface area contributed by atoms with E-state index in [2.05, 4.69) is 44.6 Å². The highest BCUT2D eigenvalue weighted by Crippen LogP contribution is 2.11. The van der Waals surface area contributed by atoms with Gasteiger partial charge in [-0.15, -0.1) is 0 Å². The van der Waals surface area contributed by atoms with E-state index in [0.29, 0.717) is 6.54 Å². The van der Waals surface area contributed by atoms with Crippen molar-refractivity contribution in [3.05, 3.63) is 72.6 Å². The summed E-state index contributed by atoms with van der Waals surface area (Å²) in [6.07, 6.45) is 8.88. The number of nitrogens with one attached hydrogen (secondary N) is 1. The van der Waals surface area contributed by atoms with Crippen LogP contribution in [0.1, 0.15) is 11.3 Å². The average Bonchev–Trinajstić information content (AvgIpc) is 3.01. The third-order valence-corrected chi connectivity index (χ3v) is 2.95. The minimum absolute atomic E-state index is 0.673. The zero-order chi connectivity index (χ0) is 13.6. The van der Waals surface area contributed by atoms with Gasteiger partial charge in [-0.3, -0.25) is 14.6 Å². The SMILES string of the molecule is c1cnn(Cc2ccc(NCc3cnccn3)cc2)c1. The fraction of sp³-hybridized carbons (Fsp3) is 0.133. The molecule has 0 bridgehead atoms. The molecule has 0 saturated carbocycles. The van der Waals surface area contributed by atoms with Gasteiger partial charge in [-0.2, -0.15) is 5.10 Å². The Morgan fingerprint density at radius 1 is 1.05 bits per heavy atom. The highest BCUT2D eigenvalue weighted by Gasteiger charge is 1.97. The third-order valence-electron chi connectivity index (χ3n) is 2.95. The summed E-state index contributed by atoms with van der Waals surface area (Å²) in [5.74, 6) is 0. The fourth-order valence-corrected chi connectivity index (χ4v) is 1.92. The van der Waals surface area contributed by atoms with Crippen LogP contribution in [0.3, 0.4) is 0 Å². The van der Waals surface area contributed by atoms with Crippen molar-refractivity contribution in [1.82, 2.24) is 19.7 Å². The monoisotopic (exact) mass is 265 g/mol. The van der Waals surface area contributed by atoms with Crippen LogP contribution in [0.5, 0.6) is 0 Å². The van der Waals surface area contributed by atoms with E-state index >= 15 is 0 Å². The van der Waals surface area contributed by atoms with E-state index < -0.39 is 0 Å². The summed E-state index contributed by atoms with van der Waals surface area (Å²) in [5, 5.41) is 7.52. The molecular weight excluding hydrogens is 250 g/mol. The largest absolute Gasteiger partial charge is 0.379 e. The quantitative estimate of drug-likeness (QED) is 0.769. The van der Waals surface area contributed by atoms with Crippen LogP contribution in [0.4, 0.5) is 5.69 Å². The molecule has 0 aliphatic carbocycles. The zero-order valence-electron chi connectivity index (χ0n) is 11.0. The first kappa shape index (κ1) is 12.3. The first-order valence-electron chi connectivity index (χ1n) is 6.45. The number of benzene rings is 1. The van der Waals surface area contributed by atoms with Gasteiger partial charge in [0.2, 0.25) is 0 Å². The van der Waals surface area contributed by atoms with Gasteiger partial charge < -0.3 is 5.32 Å². The number of nitrogens with zero attached hydrogens (tertiary/aromatic N) is 4. The Bertz CT molecular complexity index is 632. The zero-order valence-corrected chi connectivity index (χ0v) is 11.0. The molecule has 3 rings (SSSR count). The summed E-state index contributed by atoms with van der Waals surface area (Å²) in [7, 11) is 0. The molecule has 5 heteroatoms. The molecular formula is C15H15N5. The van der Waals surface area contributed by atoms with Gasteiger partial charge >= 0.3 is 0 Å². The number of aromatic nitrogens is 4. The number of hydrogen-bond acceptors (Lipinski definition) is 4. The van der Waals surface area contributed by atoms with Crippen molar-refractivity contribution < 1.29 is 0 Å². The molecule has 2 aromatic heterocycles. The maximum atomic E-state index is 4.22. The molecule has 1 N–H and O–H groups in total. The minimum atomic E-state index is 0.673. The summed E-state index contributed by atoms with van der Waals surface area (Å²) in [4.78, 5) is 8.27. The van der Waals surface area contributed by atoms with Crippen molar-refractivity contribution in [2.24, 2.45) is 0 Å². The smallest absolute Gasteiger partial charge is 0.0777 e. The van der Waals surface area contributed by atoms with E-state index in [1.165, 1.54) is 5.56 Å². The molecule has 5 nitrogen and oxygen atoms in total. The maximum Gasteiger partial charge on any atom is 0.0777 e. The first-order valence-corrected chi connectivity index (χ1v) is 6.45. The van der Waals surface area contributed by atoms with Gasteiger partial charge in [0.1, 0.15) is 0 Å². The van der Waals surface area contributed by atoms with E-state index in [-0.39, 0.29) is 0 Å². The van der Waals surface area contributed by atoms with E-state index in [1.807, 2.05) is 16.9 Å². The molecule has 0 unspecified atom stereocenters. The van der Waals surface area contributed by atoms with Crippen LogP contribution in [0.15, 0.2) is 61.3 Å². The second-order valence-electron chi connectivity index (χ2n) is 4.45. The molecule has 0 amide bonds. The van der Waals surface area contributed by atoms with Crippen LogP contribution in [0.2, 0.25) is 0 Å². The average molecular weight is 265 g/mol. The standard InChI is InChI=1S/C15H15N5/c1-6-19-20(9-1)12-13-2-4-14(5-3-13)18-11-15-10-16-7-8-17-15/h1-10,18H,11-12H2. The molecule has 0 spiro atoms. The van der Waals surface area contributed by atoms with Crippen molar-refractivity contribution in [2.45, 2.75) is 13.1 Å². The van der Waals surface area contributed by atoms with Gasteiger partial charge in [0, 0.05) is 30.5 Å². The molecule has 0 aliphatic heterocycles. The van der Waals surface area contributed by atoms with Crippen molar-refractivity contribution in [1.29, 1.82) is 0 Å². The Hall–Kier alpha value is -2.69. The molecule has 100 valence electrons. The topological polar surface area (TPSA) is 55.6 Å². The lowest BCUT2D eigenvalue weighted by Gasteiger charge is -2.07. The van der Waals surface area contributed by atoms with Crippen LogP contribution in [-0.2, 0) is 13.1 Å². The van der Waals surface area contributed by atoms with Crippen molar-refractivity contribution >= 4 is 5.69 Å². The predicted molar refractivity (Wildman–Crippen MR) is 77.1 cm³/mol. The van der Waals surface area contributed by atoms with Crippen molar-refractivity contribution in [2.75, 3.05) is 5.32 Å². The van der Waals surface area contributed by atoms with Crippen LogP contribution < -0.4 is 5.32 Å². The Balaban J connectivity index is 1.59. The minimum Gasteiger partial charge on any atom is -0.379 e. The van der Waals surface area contributed by atoms with Crippen molar-refractivity contribution in [3.63, 3.8) is 0 Å². The molecule has 0 saturated heterocycles. The molecule has 0 fully saturated rings. The molecule has 0 aliphatic rings. The van der Waals surface area contributed by atoms with E-state index in [9.17, 15) is 0 Å². The van der Waals surface area contributed by atoms with Crippen LogP contribution in [-0.4, -0.2) is 19.7 Å². The predicted octanol–water partition coefficient (Wildman–Crippen LogP) is 2.33. The molecule has 2 heterocycles. The molecule has 0 atom stereocenters. The molecule has 3 aromatic rings. The van der Waals surface area contributed by atoms with Gasteiger partial charge in [-0.25, -0.2) is 0 Å². The lowest BCUT2D eigenvalue weighted by Crippen LogP contribution is -2.03. The normalized spacial score (nSPS) is 10.4. The Kier molecular flexibility index (Phi) is 3.68. The highest BCUT2D eigenvalue weighted by molar-refractivity contribution is 5.44. The molecule has 0 radical (unpaired) electrons. The lowest BCUT2D eigenvalue weighted by molar-refractivity contribution is 0.687. The summed E-state index contributed by atoms with van der Waals surface area (Å²) >= 11 is 0. The maximum absolute atomic E-state index is 4.22. The molecule has 1 aromatic carbocycles. The van der Waals surface area contributed by atoms with E-state index in [0.717, 1.165) is 17.9 Å². The van der Waals surface area contributed by atoms with Gasteiger partial charge in [-0.1, -0.05) is 12.1 Å². The highest BCUT2D eigenvalue weighted by atomic mass is 15.3. The summed E-state index contributed by atoms with van der Waals surface area (Å²) in [6.45, 7) is 1.46. The van der Waals surface area contributed by atoms with E-state index in [4.69, 9.17) is 0 Å². The van der Waals surface area contributed by atoms with Gasteiger partial charge in [0.05, 0.1) is 25.0 Å². The second kappa shape index (κ2) is 5.97. The Morgan fingerprint density at radius 2 is 1.95 bits per heavy atom. The summed E-state index contributed by atoms with van der Waals surface area (Å²) in [5.41, 5.74) is 3.21. The van der Waals surface area contributed by atoms with Gasteiger partial charge in [0.25, 0.3) is 0 Å². The first-order chi connectivity index (χ1) is 9.90. The summed E-state index contributed by atoms with van der Waals surface area (Å²) in [6, 6.07) is 10.3. The van der Waals surface area contributed by atoms with Gasteiger partial charge in [-0.05, 0) is 23.8 Å². The summed E-state index contributed by atoms with van der Waals surface area (Å²) < 4.78 is 1.90. The molecule has 20 heavy (non-hydrogen) atoms. The van der Waals surface area contributed by atoms with Gasteiger partial charge in [0.15, 0.2) is 0 Å². The Labute approximate surface area is 117 Å². The van der Waals surface area contributed by atoms with Crippen molar-refractivity contribution in [3.8, 4) is 0 Å². The lowest BCUT2D eigenvalue weighted by atomic mass is 10.2. The number of rotatable bonds is 5.